The summed E-state index contributed by atoms with van der Waals surface area (Å²) in [7, 11) is 0. The molecule has 0 aliphatic rings. The number of nitrogens with one attached hydrogen (secondary N) is 2. The Balaban J connectivity index is 2.23. The molecular weight excluding hydrogens is 264 g/mol. The van der Waals surface area contributed by atoms with Gasteiger partial charge in [0.05, 0.1) is 0 Å². The molecule has 0 bridgehead atoms. The molecule has 0 spiro atoms. The number of aromatic nitrogens is 1. The Hall–Kier alpha value is -2.40. The number of nitrogen functional groups attached to an aromatic ring is 1. The number of anilines is 2. The predicted molar refractivity (Wildman–Crippen MR) is 85.2 cm³/mol. The zero-order chi connectivity index (χ0) is 15.2. The summed E-state index contributed by atoms with van der Waals surface area (Å²) in [5, 5.41) is 2.88. The molecule has 110 valence electrons. The lowest BCUT2D eigenvalue weighted by Gasteiger charge is -2.09. The highest BCUT2D eigenvalue weighted by atomic mass is 16.1. The smallest absolute Gasteiger partial charge is 0.255 e. The molecule has 1 aromatic heterocycles. The van der Waals surface area contributed by atoms with E-state index in [2.05, 4.69) is 22.7 Å². The molecule has 1 heterocycles. The zero-order valence-electron chi connectivity index (χ0n) is 12.3. The molecule has 0 aliphatic heterocycles. The maximum Gasteiger partial charge on any atom is 0.255 e. The van der Waals surface area contributed by atoms with Crippen LogP contribution in [0.5, 0.6) is 0 Å². The normalized spacial score (nSPS) is 10.2. The van der Waals surface area contributed by atoms with Crippen LogP contribution in [0, 0.1) is 6.92 Å². The third kappa shape index (κ3) is 4.03. The van der Waals surface area contributed by atoms with Crippen LogP contribution in [-0.2, 0) is 6.42 Å². The van der Waals surface area contributed by atoms with E-state index in [0.29, 0.717) is 11.4 Å². The van der Waals surface area contributed by atoms with Crippen LogP contribution in [-0.4, -0.2) is 10.9 Å². The molecule has 1 amide bonds. The van der Waals surface area contributed by atoms with Crippen LogP contribution in [0.15, 0.2) is 36.4 Å². The number of carbonyl (C=O) groups is 1. The standard InChI is InChI=1S/C16H20N4O/c1-3-5-13-9-12(10-15(18-13)20-17)16(21)19-14-7-4-6-11(2)8-14/h4,6-10H,3,5,17H2,1-2H3,(H,18,20)(H,19,21). The highest BCUT2D eigenvalue weighted by Gasteiger charge is 2.10. The Morgan fingerprint density at radius 1 is 1.29 bits per heavy atom. The van der Waals surface area contributed by atoms with Gasteiger partial charge < -0.3 is 10.7 Å². The molecule has 0 unspecified atom stereocenters. The molecular formula is C16H20N4O. The number of rotatable bonds is 5. The van der Waals surface area contributed by atoms with Crippen LogP contribution in [0.2, 0.25) is 0 Å². The molecule has 0 radical (unpaired) electrons. The van der Waals surface area contributed by atoms with Crippen LogP contribution in [0.3, 0.4) is 0 Å². The highest BCUT2D eigenvalue weighted by molar-refractivity contribution is 6.04. The molecule has 2 rings (SSSR count). The molecule has 0 fully saturated rings. The van der Waals surface area contributed by atoms with E-state index in [1.807, 2.05) is 31.2 Å². The summed E-state index contributed by atoms with van der Waals surface area (Å²) in [4.78, 5) is 16.7. The van der Waals surface area contributed by atoms with Gasteiger partial charge in [-0.05, 0) is 43.2 Å². The Labute approximate surface area is 124 Å². The van der Waals surface area contributed by atoms with E-state index in [0.717, 1.165) is 29.8 Å². The fourth-order valence-electron chi connectivity index (χ4n) is 2.10. The van der Waals surface area contributed by atoms with Gasteiger partial charge in [-0.25, -0.2) is 10.8 Å². The second-order valence-corrected chi connectivity index (χ2v) is 4.95. The van der Waals surface area contributed by atoms with E-state index in [1.54, 1.807) is 12.1 Å². The summed E-state index contributed by atoms with van der Waals surface area (Å²) in [5.41, 5.74) is 5.77. The van der Waals surface area contributed by atoms with Crippen molar-refractivity contribution in [3.05, 3.63) is 53.2 Å². The fraction of sp³-hybridized carbons (Fsp3) is 0.250. The van der Waals surface area contributed by atoms with Crippen molar-refractivity contribution in [2.75, 3.05) is 10.7 Å². The van der Waals surface area contributed by atoms with Crippen molar-refractivity contribution in [1.29, 1.82) is 0 Å². The van der Waals surface area contributed by atoms with Crippen molar-refractivity contribution in [1.82, 2.24) is 4.98 Å². The third-order valence-electron chi connectivity index (χ3n) is 3.07. The zero-order valence-corrected chi connectivity index (χ0v) is 12.3. The Morgan fingerprint density at radius 2 is 2.10 bits per heavy atom. The largest absolute Gasteiger partial charge is 0.322 e. The molecule has 0 atom stereocenters. The molecule has 21 heavy (non-hydrogen) atoms. The van der Waals surface area contributed by atoms with Crippen LogP contribution in [0.1, 0.15) is 35.0 Å². The Morgan fingerprint density at radius 3 is 2.76 bits per heavy atom. The molecule has 0 saturated heterocycles. The van der Waals surface area contributed by atoms with Crippen molar-refractivity contribution in [2.45, 2.75) is 26.7 Å². The van der Waals surface area contributed by atoms with Crippen LogP contribution >= 0.6 is 0 Å². The van der Waals surface area contributed by atoms with Gasteiger partial charge in [0.25, 0.3) is 5.91 Å². The number of hydrogen-bond donors (Lipinski definition) is 3. The summed E-state index contributed by atoms with van der Waals surface area (Å²) < 4.78 is 0. The van der Waals surface area contributed by atoms with Crippen molar-refractivity contribution >= 4 is 17.4 Å². The van der Waals surface area contributed by atoms with Gasteiger partial charge in [0.2, 0.25) is 0 Å². The SMILES string of the molecule is CCCc1cc(C(=O)Nc2cccc(C)c2)cc(NN)n1. The van der Waals surface area contributed by atoms with E-state index >= 15 is 0 Å². The first-order chi connectivity index (χ1) is 10.1. The fourth-order valence-corrected chi connectivity index (χ4v) is 2.10. The minimum atomic E-state index is -0.170. The summed E-state index contributed by atoms with van der Waals surface area (Å²) in [5.74, 6) is 5.74. The number of benzene rings is 1. The van der Waals surface area contributed by atoms with Crippen LogP contribution in [0.4, 0.5) is 11.5 Å². The Bertz CT molecular complexity index is 640. The number of nitrogens with two attached hydrogens (primary N) is 1. The average molecular weight is 284 g/mol. The van der Waals surface area contributed by atoms with Gasteiger partial charge in [-0.2, -0.15) is 0 Å². The van der Waals surface area contributed by atoms with Gasteiger partial charge in [0.1, 0.15) is 5.82 Å². The van der Waals surface area contributed by atoms with Crippen molar-refractivity contribution in [2.24, 2.45) is 5.84 Å². The van der Waals surface area contributed by atoms with Crippen molar-refractivity contribution < 1.29 is 4.79 Å². The maximum absolute atomic E-state index is 12.3. The summed E-state index contributed by atoms with van der Waals surface area (Å²) in [6, 6.07) is 11.1. The lowest BCUT2D eigenvalue weighted by Crippen LogP contribution is -2.15. The lowest BCUT2D eigenvalue weighted by atomic mass is 10.1. The van der Waals surface area contributed by atoms with E-state index in [-0.39, 0.29) is 5.91 Å². The van der Waals surface area contributed by atoms with E-state index in [4.69, 9.17) is 5.84 Å². The molecule has 5 heteroatoms. The highest BCUT2D eigenvalue weighted by Crippen LogP contribution is 2.15. The van der Waals surface area contributed by atoms with Crippen LogP contribution < -0.4 is 16.6 Å². The third-order valence-corrected chi connectivity index (χ3v) is 3.07. The number of carbonyl (C=O) groups excluding carboxylic acids is 1. The first-order valence-electron chi connectivity index (χ1n) is 6.98. The molecule has 0 saturated carbocycles. The molecule has 1 aromatic carbocycles. The van der Waals surface area contributed by atoms with Gasteiger partial charge >= 0.3 is 0 Å². The van der Waals surface area contributed by atoms with Gasteiger partial charge in [0.15, 0.2) is 0 Å². The lowest BCUT2D eigenvalue weighted by molar-refractivity contribution is 0.102. The van der Waals surface area contributed by atoms with Crippen LogP contribution in [0.25, 0.3) is 0 Å². The van der Waals surface area contributed by atoms with Crippen molar-refractivity contribution in [3.8, 4) is 0 Å². The Kier molecular flexibility index (Phi) is 4.90. The quantitative estimate of drug-likeness (QED) is 0.582. The number of hydrogen-bond acceptors (Lipinski definition) is 4. The number of nitrogens with zero attached hydrogens (tertiary/aromatic N) is 1. The maximum atomic E-state index is 12.3. The molecule has 4 N–H and O–H groups in total. The minimum Gasteiger partial charge on any atom is -0.322 e. The molecule has 0 aliphatic carbocycles. The summed E-state index contributed by atoms with van der Waals surface area (Å²) in [6.45, 7) is 4.05. The van der Waals surface area contributed by atoms with E-state index in [1.165, 1.54) is 0 Å². The van der Waals surface area contributed by atoms with Gasteiger partial charge in [-0.15, -0.1) is 0 Å². The second-order valence-electron chi connectivity index (χ2n) is 4.95. The number of hydrazine groups is 1. The van der Waals surface area contributed by atoms with Gasteiger partial charge in [0, 0.05) is 16.9 Å². The summed E-state index contributed by atoms with van der Waals surface area (Å²) in [6.07, 6.45) is 1.76. The first-order valence-corrected chi connectivity index (χ1v) is 6.98. The summed E-state index contributed by atoms with van der Waals surface area (Å²) >= 11 is 0. The number of pyridine rings is 1. The predicted octanol–water partition coefficient (Wildman–Crippen LogP) is 2.88. The molecule has 5 nitrogen and oxygen atoms in total. The van der Waals surface area contributed by atoms with Gasteiger partial charge in [-0.3, -0.25) is 4.79 Å². The molecule has 2 aromatic rings. The van der Waals surface area contributed by atoms with E-state index < -0.39 is 0 Å². The number of amides is 1. The number of aryl methyl sites for hydroxylation is 2. The second kappa shape index (κ2) is 6.85. The minimum absolute atomic E-state index is 0.170. The topological polar surface area (TPSA) is 80.0 Å². The monoisotopic (exact) mass is 284 g/mol. The average Bonchev–Trinajstić information content (AvgIpc) is 2.47. The first kappa shape index (κ1) is 15.0. The van der Waals surface area contributed by atoms with Gasteiger partial charge in [-0.1, -0.05) is 25.5 Å². The van der Waals surface area contributed by atoms with Crippen molar-refractivity contribution in [3.63, 3.8) is 0 Å². The van der Waals surface area contributed by atoms with E-state index in [9.17, 15) is 4.79 Å².